The molecular weight excluding hydrogens is 370 g/mol. The van der Waals surface area contributed by atoms with Crippen LogP contribution in [-0.2, 0) is 0 Å². The minimum Gasteiger partial charge on any atom is -0.362 e. The van der Waals surface area contributed by atoms with Crippen molar-refractivity contribution in [2.75, 3.05) is 25.4 Å². The second-order valence-electron chi connectivity index (χ2n) is 6.57. The number of nitrogens with one attached hydrogen (secondary N) is 2. The Labute approximate surface area is 169 Å². The molecule has 2 heterocycles. The molecule has 2 aromatic carbocycles. The Kier molecular flexibility index (Phi) is 5.80. The number of para-hydroxylation sites is 1. The first kappa shape index (κ1) is 18.1. The van der Waals surface area contributed by atoms with Gasteiger partial charge in [0.2, 0.25) is 0 Å². The van der Waals surface area contributed by atoms with Gasteiger partial charge in [0.15, 0.2) is 5.11 Å². The van der Waals surface area contributed by atoms with Crippen LogP contribution in [0.1, 0.15) is 12.0 Å². The molecule has 3 nitrogen and oxygen atoms in total. The monoisotopic (exact) mass is 393 g/mol. The molecular formula is C22H23N3S2. The summed E-state index contributed by atoms with van der Waals surface area (Å²) in [5, 5.41) is 5.56. The lowest BCUT2D eigenvalue weighted by molar-refractivity contribution is 0.452. The van der Waals surface area contributed by atoms with E-state index in [9.17, 15) is 0 Å². The SMILES string of the molecule is S=C(NCCSc1ccccc1)N1CC=C(c2c[nH]c3ccccc23)CC1. The Bertz CT molecular complexity index is 946. The summed E-state index contributed by atoms with van der Waals surface area (Å²) in [7, 11) is 0. The maximum absolute atomic E-state index is 5.59. The molecule has 0 aliphatic carbocycles. The van der Waals surface area contributed by atoms with Crippen molar-refractivity contribution in [1.82, 2.24) is 15.2 Å². The van der Waals surface area contributed by atoms with Gasteiger partial charge in [-0.15, -0.1) is 11.8 Å². The first-order valence-electron chi connectivity index (χ1n) is 9.27. The molecule has 4 rings (SSSR count). The first-order valence-corrected chi connectivity index (χ1v) is 10.7. The number of hydrogen-bond donors (Lipinski definition) is 2. The van der Waals surface area contributed by atoms with E-state index in [4.69, 9.17) is 12.2 Å². The predicted molar refractivity (Wildman–Crippen MR) is 120 cm³/mol. The lowest BCUT2D eigenvalue weighted by Gasteiger charge is -2.29. The van der Waals surface area contributed by atoms with Crippen LogP contribution in [0.4, 0.5) is 0 Å². The van der Waals surface area contributed by atoms with Crippen LogP contribution in [0.5, 0.6) is 0 Å². The topological polar surface area (TPSA) is 31.1 Å². The number of H-pyrrole nitrogens is 1. The summed E-state index contributed by atoms with van der Waals surface area (Å²) in [5.41, 5.74) is 3.93. The molecule has 138 valence electrons. The fourth-order valence-corrected chi connectivity index (χ4v) is 4.45. The average Bonchev–Trinajstić information content (AvgIpc) is 3.16. The van der Waals surface area contributed by atoms with E-state index < -0.39 is 0 Å². The summed E-state index contributed by atoms with van der Waals surface area (Å²) in [4.78, 5) is 6.92. The van der Waals surface area contributed by atoms with E-state index in [0.29, 0.717) is 0 Å². The van der Waals surface area contributed by atoms with Gasteiger partial charge in [-0.2, -0.15) is 0 Å². The van der Waals surface area contributed by atoms with E-state index in [1.165, 1.54) is 26.9 Å². The van der Waals surface area contributed by atoms with Crippen LogP contribution in [0.2, 0.25) is 0 Å². The van der Waals surface area contributed by atoms with Crippen LogP contribution >= 0.6 is 24.0 Å². The van der Waals surface area contributed by atoms with Gasteiger partial charge >= 0.3 is 0 Å². The zero-order chi connectivity index (χ0) is 18.5. The Hall–Kier alpha value is -2.24. The molecule has 2 N–H and O–H groups in total. The second kappa shape index (κ2) is 8.63. The molecule has 0 saturated heterocycles. The quantitative estimate of drug-likeness (QED) is 0.366. The Morgan fingerprint density at radius 2 is 1.93 bits per heavy atom. The zero-order valence-electron chi connectivity index (χ0n) is 15.2. The number of nitrogens with zero attached hydrogens (tertiary/aromatic N) is 1. The van der Waals surface area contributed by atoms with Crippen LogP contribution in [0.25, 0.3) is 16.5 Å². The number of benzene rings is 2. The van der Waals surface area contributed by atoms with Gasteiger partial charge in [-0.3, -0.25) is 0 Å². The minimum absolute atomic E-state index is 0.859. The van der Waals surface area contributed by atoms with Crippen LogP contribution in [-0.4, -0.2) is 40.4 Å². The zero-order valence-corrected chi connectivity index (χ0v) is 16.8. The highest BCUT2D eigenvalue weighted by Crippen LogP contribution is 2.29. The van der Waals surface area contributed by atoms with Crippen molar-refractivity contribution in [2.45, 2.75) is 11.3 Å². The molecule has 5 heteroatoms. The van der Waals surface area contributed by atoms with Crippen molar-refractivity contribution in [1.29, 1.82) is 0 Å². The minimum atomic E-state index is 0.859. The summed E-state index contributed by atoms with van der Waals surface area (Å²) < 4.78 is 0. The lowest BCUT2D eigenvalue weighted by atomic mass is 9.99. The third-order valence-electron chi connectivity index (χ3n) is 4.82. The number of fused-ring (bicyclic) bond motifs is 1. The van der Waals surface area contributed by atoms with E-state index in [1.54, 1.807) is 0 Å². The maximum Gasteiger partial charge on any atom is 0.169 e. The van der Waals surface area contributed by atoms with Gasteiger partial charge in [0.25, 0.3) is 0 Å². The summed E-state index contributed by atoms with van der Waals surface area (Å²) in [6.07, 6.45) is 5.46. The normalized spacial score (nSPS) is 14.2. The third kappa shape index (κ3) is 4.37. The van der Waals surface area contributed by atoms with Gasteiger partial charge < -0.3 is 15.2 Å². The summed E-state index contributed by atoms with van der Waals surface area (Å²) in [5.74, 6) is 1.01. The number of aromatic nitrogens is 1. The van der Waals surface area contributed by atoms with Crippen molar-refractivity contribution in [2.24, 2.45) is 0 Å². The molecule has 0 fully saturated rings. The number of hydrogen-bond acceptors (Lipinski definition) is 2. The molecule has 0 unspecified atom stereocenters. The fourth-order valence-electron chi connectivity index (χ4n) is 3.39. The number of rotatable bonds is 5. The standard InChI is InChI=1S/C22H23N3S2/c26-22(23-12-15-27-18-6-2-1-3-7-18)25-13-10-17(11-14-25)20-16-24-21-9-5-4-8-19(20)21/h1-10,16,24H,11-15H2,(H,23,26). The van der Waals surface area contributed by atoms with Gasteiger partial charge in [0, 0.05) is 52.9 Å². The molecule has 0 spiro atoms. The molecule has 0 radical (unpaired) electrons. The second-order valence-corrected chi connectivity index (χ2v) is 8.12. The molecule has 0 amide bonds. The smallest absolute Gasteiger partial charge is 0.169 e. The summed E-state index contributed by atoms with van der Waals surface area (Å²) >= 11 is 7.44. The Balaban J connectivity index is 1.28. The van der Waals surface area contributed by atoms with Gasteiger partial charge in [-0.1, -0.05) is 42.5 Å². The van der Waals surface area contributed by atoms with Crippen molar-refractivity contribution in [3.05, 3.63) is 72.4 Å². The number of aromatic amines is 1. The van der Waals surface area contributed by atoms with E-state index in [2.05, 4.69) is 76.0 Å². The van der Waals surface area contributed by atoms with Crippen LogP contribution in [0.3, 0.4) is 0 Å². The lowest BCUT2D eigenvalue weighted by Crippen LogP contribution is -2.42. The molecule has 27 heavy (non-hydrogen) atoms. The van der Waals surface area contributed by atoms with Gasteiger partial charge in [-0.25, -0.2) is 0 Å². The molecule has 3 aromatic rings. The average molecular weight is 394 g/mol. The highest BCUT2D eigenvalue weighted by atomic mass is 32.2. The Morgan fingerprint density at radius 1 is 1.11 bits per heavy atom. The first-order chi connectivity index (χ1) is 13.3. The van der Waals surface area contributed by atoms with E-state index in [-0.39, 0.29) is 0 Å². The van der Waals surface area contributed by atoms with E-state index >= 15 is 0 Å². The van der Waals surface area contributed by atoms with E-state index in [1.807, 2.05) is 17.8 Å². The van der Waals surface area contributed by atoms with Crippen LogP contribution in [0.15, 0.2) is 71.8 Å². The molecule has 0 saturated carbocycles. The van der Waals surface area contributed by atoms with Crippen molar-refractivity contribution in [3.8, 4) is 0 Å². The third-order valence-corrected chi connectivity index (χ3v) is 6.24. The van der Waals surface area contributed by atoms with Crippen molar-refractivity contribution in [3.63, 3.8) is 0 Å². The van der Waals surface area contributed by atoms with Gasteiger partial charge in [0.05, 0.1) is 0 Å². The van der Waals surface area contributed by atoms with Crippen molar-refractivity contribution < 1.29 is 0 Å². The molecule has 0 bridgehead atoms. The van der Waals surface area contributed by atoms with Crippen molar-refractivity contribution >= 4 is 45.6 Å². The molecule has 1 aliphatic rings. The van der Waals surface area contributed by atoms with Gasteiger partial charge in [-0.05, 0) is 42.4 Å². The Morgan fingerprint density at radius 3 is 2.74 bits per heavy atom. The van der Waals surface area contributed by atoms with Crippen LogP contribution in [0, 0.1) is 0 Å². The van der Waals surface area contributed by atoms with Crippen LogP contribution < -0.4 is 5.32 Å². The molecule has 0 atom stereocenters. The highest BCUT2D eigenvalue weighted by molar-refractivity contribution is 7.99. The van der Waals surface area contributed by atoms with E-state index in [0.717, 1.165) is 36.9 Å². The molecule has 1 aliphatic heterocycles. The summed E-state index contributed by atoms with van der Waals surface area (Å²) in [6.45, 7) is 2.71. The number of thiocarbonyl (C=S) groups is 1. The fraction of sp³-hybridized carbons (Fsp3) is 0.227. The largest absolute Gasteiger partial charge is 0.362 e. The predicted octanol–water partition coefficient (Wildman–Crippen LogP) is 4.92. The highest BCUT2D eigenvalue weighted by Gasteiger charge is 2.17. The molecule has 1 aromatic heterocycles. The number of thioether (sulfide) groups is 1. The van der Waals surface area contributed by atoms with Gasteiger partial charge in [0.1, 0.15) is 0 Å². The summed E-state index contributed by atoms with van der Waals surface area (Å²) in [6, 6.07) is 19.0. The maximum atomic E-state index is 5.59.